The minimum Gasteiger partial charge on any atom is -0.466 e. The number of carbonyl (C=O) groups is 1. The van der Waals surface area contributed by atoms with Gasteiger partial charge in [0.2, 0.25) is 0 Å². The van der Waals surface area contributed by atoms with Crippen molar-refractivity contribution < 1.29 is 23.8 Å². The molecule has 0 saturated heterocycles. The summed E-state index contributed by atoms with van der Waals surface area (Å²) in [6.07, 6.45) is 5.20. The van der Waals surface area contributed by atoms with Gasteiger partial charge in [-0.05, 0) is 87.2 Å². The number of hydrogen-bond acceptors (Lipinski definition) is 5. The van der Waals surface area contributed by atoms with Crippen LogP contribution in [-0.4, -0.2) is 54.9 Å². The molecule has 1 saturated carbocycles. The van der Waals surface area contributed by atoms with E-state index >= 15 is 0 Å². The molecule has 0 unspecified atom stereocenters. The Kier molecular flexibility index (Phi) is 11.6. The van der Waals surface area contributed by atoms with Gasteiger partial charge in [0, 0.05) is 19.0 Å². The summed E-state index contributed by atoms with van der Waals surface area (Å²) in [6.45, 7) is 6.87. The number of hydrogen-bond donors (Lipinski definition) is 1. The summed E-state index contributed by atoms with van der Waals surface area (Å²) >= 11 is 0. The van der Waals surface area contributed by atoms with Gasteiger partial charge in [0.15, 0.2) is 0 Å². The molecule has 204 valence electrons. The maximum Gasteiger partial charge on any atom is 0.306 e. The second-order valence-corrected chi connectivity index (χ2v) is 10.4. The first kappa shape index (κ1) is 29.3. The molecule has 0 spiro atoms. The number of aryl methyl sites for hydroxylation is 2. The van der Waals surface area contributed by atoms with Crippen LogP contribution in [-0.2, 0) is 27.1 Å². The summed E-state index contributed by atoms with van der Waals surface area (Å²) in [6, 6.07) is 13.8. The minimum atomic E-state index is -0.632. The highest BCUT2D eigenvalue weighted by molar-refractivity contribution is 5.69. The standard InChI is InChI=1S/C31H44FNO4/c1-5-9-26(18-23-13-12-22(3)29(32)19-23)33(4)20-27(34)21-37-31(25-14-15-25)28-11-8-7-10-24(28)16-17-30(35)36-6-2/h7-8,10-13,19,25-27,31,34H,5-6,9,14-18,20-21H2,1-4H3/t26-,27+,31+/m0/s1. The largest absolute Gasteiger partial charge is 0.466 e. The highest BCUT2D eigenvalue weighted by Gasteiger charge is 2.35. The highest BCUT2D eigenvalue weighted by Crippen LogP contribution is 2.44. The predicted molar refractivity (Wildman–Crippen MR) is 145 cm³/mol. The number of rotatable bonds is 16. The van der Waals surface area contributed by atoms with Gasteiger partial charge in [0.25, 0.3) is 0 Å². The lowest BCUT2D eigenvalue weighted by Gasteiger charge is -2.31. The number of likely N-dealkylation sites (N-methyl/N-ethyl adjacent to an activating group) is 1. The van der Waals surface area contributed by atoms with E-state index in [2.05, 4.69) is 24.0 Å². The maximum absolute atomic E-state index is 14.1. The number of carbonyl (C=O) groups excluding carboxylic acids is 1. The van der Waals surface area contributed by atoms with E-state index in [0.717, 1.165) is 48.8 Å². The van der Waals surface area contributed by atoms with E-state index in [1.54, 1.807) is 13.0 Å². The Bertz CT molecular complexity index is 993. The summed E-state index contributed by atoms with van der Waals surface area (Å²) in [5.74, 6) is 0.0881. The number of halogens is 1. The van der Waals surface area contributed by atoms with E-state index in [0.29, 0.717) is 37.5 Å². The quantitative estimate of drug-likeness (QED) is 0.288. The number of aliphatic hydroxyl groups is 1. The van der Waals surface area contributed by atoms with Crippen molar-refractivity contribution in [1.29, 1.82) is 0 Å². The molecule has 2 aromatic carbocycles. The predicted octanol–water partition coefficient (Wildman–Crippen LogP) is 5.80. The Hall–Kier alpha value is -2.28. The van der Waals surface area contributed by atoms with E-state index < -0.39 is 6.10 Å². The third kappa shape index (κ3) is 9.20. The topological polar surface area (TPSA) is 59.0 Å². The minimum absolute atomic E-state index is 0.0830. The molecule has 0 bridgehead atoms. The lowest BCUT2D eigenvalue weighted by atomic mass is 9.96. The second kappa shape index (κ2) is 14.6. The average molecular weight is 514 g/mol. The molecule has 1 N–H and O–H groups in total. The van der Waals surface area contributed by atoms with Crippen LogP contribution in [0.15, 0.2) is 42.5 Å². The fourth-order valence-corrected chi connectivity index (χ4v) is 4.98. The summed E-state index contributed by atoms with van der Waals surface area (Å²) in [4.78, 5) is 14.1. The summed E-state index contributed by atoms with van der Waals surface area (Å²) in [7, 11) is 2.02. The Morgan fingerprint density at radius 1 is 1.19 bits per heavy atom. The van der Waals surface area contributed by atoms with E-state index in [4.69, 9.17) is 9.47 Å². The number of aliphatic hydroxyl groups excluding tert-OH is 1. The van der Waals surface area contributed by atoms with Crippen LogP contribution < -0.4 is 0 Å². The summed E-state index contributed by atoms with van der Waals surface area (Å²) < 4.78 is 25.5. The van der Waals surface area contributed by atoms with Crippen molar-refractivity contribution >= 4 is 5.97 Å². The van der Waals surface area contributed by atoms with Crippen LogP contribution in [0.4, 0.5) is 4.39 Å². The Labute approximate surface area is 222 Å². The van der Waals surface area contributed by atoms with Crippen LogP contribution in [0.1, 0.15) is 74.3 Å². The van der Waals surface area contributed by atoms with Crippen molar-refractivity contribution in [2.45, 2.75) is 84.0 Å². The highest BCUT2D eigenvalue weighted by atomic mass is 19.1. The lowest BCUT2D eigenvalue weighted by Crippen LogP contribution is -2.40. The van der Waals surface area contributed by atoms with E-state index in [1.165, 1.54) is 0 Å². The first-order valence-electron chi connectivity index (χ1n) is 13.8. The van der Waals surface area contributed by atoms with Crippen molar-refractivity contribution in [3.63, 3.8) is 0 Å². The first-order chi connectivity index (χ1) is 17.8. The molecule has 0 amide bonds. The number of esters is 1. The molecule has 6 heteroatoms. The van der Waals surface area contributed by atoms with Gasteiger partial charge in [-0.3, -0.25) is 4.79 Å². The summed E-state index contributed by atoms with van der Waals surface area (Å²) in [5, 5.41) is 10.9. The zero-order chi connectivity index (χ0) is 26.8. The van der Waals surface area contributed by atoms with Gasteiger partial charge < -0.3 is 19.5 Å². The molecule has 3 rings (SSSR count). The molecule has 3 atom stereocenters. The third-order valence-electron chi connectivity index (χ3n) is 7.24. The molecule has 0 heterocycles. The second-order valence-electron chi connectivity index (χ2n) is 10.4. The molecular formula is C31H44FNO4. The molecule has 1 fully saturated rings. The van der Waals surface area contributed by atoms with E-state index in [9.17, 15) is 14.3 Å². The average Bonchev–Trinajstić information content (AvgIpc) is 3.71. The molecule has 5 nitrogen and oxygen atoms in total. The maximum atomic E-state index is 14.1. The Morgan fingerprint density at radius 2 is 1.95 bits per heavy atom. The van der Waals surface area contributed by atoms with Crippen molar-refractivity contribution in [2.75, 3.05) is 26.8 Å². The van der Waals surface area contributed by atoms with E-state index in [-0.39, 0.29) is 30.5 Å². The number of nitrogens with zero attached hydrogens (tertiary/aromatic N) is 1. The van der Waals surface area contributed by atoms with Crippen molar-refractivity contribution in [1.82, 2.24) is 4.90 Å². The van der Waals surface area contributed by atoms with Crippen LogP contribution in [0.2, 0.25) is 0 Å². The van der Waals surface area contributed by atoms with Gasteiger partial charge in [-0.1, -0.05) is 49.7 Å². The molecule has 0 aliphatic heterocycles. The fourth-order valence-electron chi connectivity index (χ4n) is 4.98. The van der Waals surface area contributed by atoms with E-state index in [1.807, 2.05) is 38.2 Å². The third-order valence-corrected chi connectivity index (χ3v) is 7.24. The Morgan fingerprint density at radius 3 is 2.62 bits per heavy atom. The van der Waals surface area contributed by atoms with Crippen molar-refractivity contribution in [3.05, 3.63) is 70.5 Å². The fraction of sp³-hybridized carbons (Fsp3) is 0.581. The summed E-state index contributed by atoms with van der Waals surface area (Å²) in [5.41, 5.74) is 3.85. The van der Waals surface area contributed by atoms with Gasteiger partial charge in [-0.25, -0.2) is 4.39 Å². The normalized spacial score (nSPS) is 16.0. The van der Waals surface area contributed by atoms with Crippen LogP contribution in [0.25, 0.3) is 0 Å². The molecule has 2 aromatic rings. The van der Waals surface area contributed by atoms with Gasteiger partial charge in [0.05, 0.1) is 25.4 Å². The van der Waals surface area contributed by atoms with Gasteiger partial charge >= 0.3 is 5.97 Å². The van der Waals surface area contributed by atoms with Gasteiger partial charge in [0.1, 0.15) is 5.82 Å². The zero-order valence-corrected chi connectivity index (χ0v) is 22.9. The molecule has 0 aromatic heterocycles. The van der Waals surface area contributed by atoms with Crippen molar-refractivity contribution in [3.8, 4) is 0 Å². The molecular weight excluding hydrogens is 469 g/mol. The molecule has 37 heavy (non-hydrogen) atoms. The number of ether oxygens (including phenoxy) is 2. The van der Waals surface area contributed by atoms with Crippen LogP contribution in [0.5, 0.6) is 0 Å². The molecule has 0 radical (unpaired) electrons. The Balaban J connectivity index is 1.58. The lowest BCUT2D eigenvalue weighted by molar-refractivity contribution is -0.143. The number of benzene rings is 2. The molecule has 1 aliphatic rings. The zero-order valence-electron chi connectivity index (χ0n) is 22.9. The first-order valence-corrected chi connectivity index (χ1v) is 13.8. The molecule has 1 aliphatic carbocycles. The monoisotopic (exact) mass is 513 g/mol. The van der Waals surface area contributed by atoms with Gasteiger partial charge in [-0.2, -0.15) is 0 Å². The van der Waals surface area contributed by atoms with Crippen LogP contribution in [0, 0.1) is 18.7 Å². The van der Waals surface area contributed by atoms with Crippen LogP contribution >= 0.6 is 0 Å². The van der Waals surface area contributed by atoms with Crippen molar-refractivity contribution in [2.24, 2.45) is 5.92 Å². The smallest absolute Gasteiger partial charge is 0.306 e. The SMILES string of the molecule is CCC[C@@H](Cc1ccc(C)c(F)c1)N(C)C[C@@H](O)CO[C@@H](c1ccccc1CCC(=O)OCC)C1CC1. The van der Waals surface area contributed by atoms with Crippen LogP contribution in [0.3, 0.4) is 0 Å². The van der Waals surface area contributed by atoms with Gasteiger partial charge in [-0.15, -0.1) is 0 Å².